The molecule has 0 atom stereocenters. The van der Waals surface area contributed by atoms with Gasteiger partial charge in [0.05, 0.1) is 21.6 Å². The number of hydrogen-bond donors (Lipinski definition) is 2. The first kappa shape index (κ1) is 16.7. The lowest BCUT2D eigenvalue weighted by atomic mass is 10.2. The SMILES string of the molecule is C/C(=N\Nc1ccc([N+](=O)[O-])cc1[N+](=O)[O-])c1cnc(=O)[nH]c1C. The minimum atomic E-state index is -0.743. The van der Waals surface area contributed by atoms with Crippen molar-refractivity contribution in [2.45, 2.75) is 13.8 Å². The summed E-state index contributed by atoms with van der Waals surface area (Å²) < 4.78 is 0. The molecule has 0 radical (unpaired) electrons. The number of H-pyrrole nitrogens is 1. The third-order valence-electron chi connectivity index (χ3n) is 3.13. The molecular weight excluding hydrogens is 320 g/mol. The van der Waals surface area contributed by atoms with E-state index < -0.39 is 26.9 Å². The highest BCUT2D eigenvalue weighted by Gasteiger charge is 2.19. The van der Waals surface area contributed by atoms with Crippen molar-refractivity contribution in [2.24, 2.45) is 5.10 Å². The predicted molar refractivity (Wildman–Crippen MR) is 85.2 cm³/mol. The van der Waals surface area contributed by atoms with Crippen molar-refractivity contribution in [2.75, 3.05) is 5.43 Å². The number of nitrogens with zero attached hydrogens (tertiary/aromatic N) is 4. The van der Waals surface area contributed by atoms with E-state index in [9.17, 15) is 25.0 Å². The number of aryl methyl sites for hydroxylation is 1. The van der Waals surface area contributed by atoms with Gasteiger partial charge in [0.2, 0.25) is 0 Å². The van der Waals surface area contributed by atoms with Gasteiger partial charge in [-0.15, -0.1) is 0 Å². The Morgan fingerprint density at radius 3 is 2.58 bits per heavy atom. The van der Waals surface area contributed by atoms with Crippen LogP contribution in [0.15, 0.2) is 34.3 Å². The maximum absolute atomic E-state index is 11.1. The standard InChI is InChI=1S/C13H12N6O5/c1-7-10(6-14-13(20)15-7)8(2)16-17-11-4-3-9(18(21)22)5-12(11)19(23)24/h3-6,17H,1-2H3,(H,14,15,20)/b16-8+. The van der Waals surface area contributed by atoms with E-state index in [0.717, 1.165) is 12.1 Å². The first-order valence-electron chi connectivity index (χ1n) is 6.59. The molecule has 1 aromatic heterocycles. The summed E-state index contributed by atoms with van der Waals surface area (Å²) in [6.07, 6.45) is 1.33. The average molecular weight is 332 g/mol. The molecule has 11 nitrogen and oxygen atoms in total. The van der Waals surface area contributed by atoms with E-state index in [1.165, 1.54) is 12.3 Å². The average Bonchev–Trinajstić information content (AvgIpc) is 2.52. The molecule has 24 heavy (non-hydrogen) atoms. The summed E-state index contributed by atoms with van der Waals surface area (Å²) in [6.45, 7) is 3.28. The smallest absolute Gasteiger partial charge is 0.309 e. The van der Waals surface area contributed by atoms with Crippen LogP contribution in [0.1, 0.15) is 18.2 Å². The second-order valence-electron chi connectivity index (χ2n) is 4.75. The minimum Gasteiger partial charge on any atom is -0.309 e. The number of nitro benzene ring substituents is 2. The van der Waals surface area contributed by atoms with Gasteiger partial charge in [0.25, 0.3) is 5.69 Å². The van der Waals surface area contributed by atoms with Crippen molar-refractivity contribution in [3.63, 3.8) is 0 Å². The fourth-order valence-corrected chi connectivity index (χ4v) is 1.93. The molecule has 124 valence electrons. The molecule has 0 unspecified atom stereocenters. The highest BCUT2D eigenvalue weighted by Crippen LogP contribution is 2.29. The van der Waals surface area contributed by atoms with Crippen LogP contribution in [0.4, 0.5) is 17.1 Å². The summed E-state index contributed by atoms with van der Waals surface area (Å²) >= 11 is 0. The topological polar surface area (TPSA) is 156 Å². The summed E-state index contributed by atoms with van der Waals surface area (Å²) in [4.78, 5) is 37.5. The molecule has 0 bridgehead atoms. The molecule has 0 amide bonds. The Kier molecular flexibility index (Phi) is 4.63. The van der Waals surface area contributed by atoms with Gasteiger partial charge in [0.1, 0.15) is 5.69 Å². The summed E-state index contributed by atoms with van der Waals surface area (Å²) in [6, 6.07) is 3.18. The Labute approximate surface area is 134 Å². The highest BCUT2D eigenvalue weighted by atomic mass is 16.6. The predicted octanol–water partition coefficient (Wildman–Crippen LogP) is 1.73. The van der Waals surface area contributed by atoms with Crippen LogP contribution < -0.4 is 11.1 Å². The van der Waals surface area contributed by atoms with Gasteiger partial charge in [0, 0.05) is 23.5 Å². The number of hydrazone groups is 1. The molecule has 0 spiro atoms. The van der Waals surface area contributed by atoms with Crippen molar-refractivity contribution < 1.29 is 9.85 Å². The number of hydrogen-bond acceptors (Lipinski definition) is 8. The molecular formula is C13H12N6O5. The first-order valence-corrected chi connectivity index (χ1v) is 6.59. The lowest BCUT2D eigenvalue weighted by Crippen LogP contribution is -2.15. The van der Waals surface area contributed by atoms with Gasteiger partial charge in [-0.2, -0.15) is 5.10 Å². The van der Waals surface area contributed by atoms with Gasteiger partial charge < -0.3 is 4.98 Å². The third kappa shape index (κ3) is 3.58. The maximum atomic E-state index is 11.1. The van der Waals surface area contributed by atoms with Crippen LogP contribution in [0.25, 0.3) is 0 Å². The number of nitro groups is 2. The Hall–Kier alpha value is -3.63. The van der Waals surface area contributed by atoms with Gasteiger partial charge in [-0.3, -0.25) is 25.7 Å². The van der Waals surface area contributed by atoms with Crippen LogP contribution in [0.2, 0.25) is 0 Å². The molecule has 2 rings (SSSR count). The van der Waals surface area contributed by atoms with Gasteiger partial charge in [-0.05, 0) is 19.9 Å². The zero-order valence-corrected chi connectivity index (χ0v) is 12.6. The summed E-state index contributed by atoms with van der Waals surface area (Å²) in [5.41, 5.74) is 2.64. The normalized spacial score (nSPS) is 11.2. The lowest BCUT2D eigenvalue weighted by molar-refractivity contribution is -0.393. The van der Waals surface area contributed by atoms with Gasteiger partial charge in [-0.25, -0.2) is 9.78 Å². The van der Waals surface area contributed by atoms with Crippen LogP contribution in [0, 0.1) is 27.2 Å². The number of aromatic nitrogens is 2. The summed E-state index contributed by atoms with van der Waals surface area (Å²) in [5, 5.41) is 25.8. The van der Waals surface area contributed by atoms with Gasteiger partial charge in [0.15, 0.2) is 0 Å². The number of rotatable bonds is 5. The van der Waals surface area contributed by atoms with Crippen molar-refractivity contribution >= 4 is 22.8 Å². The fraction of sp³-hybridized carbons (Fsp3) is 0.154. The van der Waals surface area contributed by atoms with Crippen LogP contribution in [0.3, 0.4) is 0 Å². The Bertz CT molecular complexity index is 904. The van der Waals surface area contributed by atoms with Crippen molar-refractivity contribution in [1.29, 1.82) is 0 Å². The lowest BCUT2D eigenvalue weighted by Gasteiger charge is -2.06. The number of aromatic amines is 1. The molecule has 0 aliphatic heterocycles. The molecule has 1 aromatic carbocycles. The molecule has 1 heterocycles. The molecule has 0 fully saturated rings. The molecule has 0 saturated carbocycles. The molecule has 2 N–H and O–H groups in total. The fourth-order valence-electron chi connectivity index (χ4n) is 1.93. The third-order valence-corrected chi connectivity index (χ3v) is 3.13. The number of non-ortho nitro benzene ring substituents is 1. The Morgan fingerprint density at radius 1 is 1.29 bits per heavy atom. The van der Waals surface area contributed by atoms with Crippen molar-refractivity contribution in [3.05, 3.63) is 66.4 Å². The maximum Gasteiger partial charge on any atom is 0.345 e. The minimum absolute atomic E-state index is 0.0000122. The van der Waals surface area contributed by atoms with Crippen molar-refractivity contribution in [3.8, 4) is 0 Å². The molecule has 0 aliphatic rings. The molecule has 2 aromatic rings. The van der Waals surface area contributed by atoms with Crippen LogP contribution >= 0.6 is 0 Å². The van der Waals surface area contributed by atoms with E-state index in [2.05, 4.69) is 20.5 Å². The Balaban J connectivity index is 2.35. The van der Waals surface area contributed by atoms with Gasteiger partial charge in [-0.1, -0.05) is 0 Å². The van der Waals surface area contributed by atoms with E-state index in [1.807, 2.05) is 0 Å². The second kappa shape index (κ2) is 6.64. The van der Waals surface area contributed by atoms with Gasteiger partial charge >= 0.3 is 11.4 Å². The molecule has 11 heteroatoms. The Morgan fingerprint density at radius 2 is 2.00 bits per heavy atom. The van der Waals surface area contributed by atoms with E-state index in [0.29, 0.717) is 17.0 Å². The number of anilines is 1. The highest BCUT2D eigenvalue weighted by molar-refractivity contribution is 5.99. The van der Waals surface area contributed by atoms with Crippen LogP contribution in [0.5, 0.6) is 0 Å². The van der Waals surface area contributed by atoms with E-state index in [1.54, 1.807) is 13.8 Å². The quantitative estimate of drug-likeness (QED) is 0.479. The van der Waals surface area contributed by atoms with Crippen molar-refractivity contribution in [1.82, 2.24) is 9.97 Å². The largest absolute Gasteiger partial charge is 0.345 e. The van der Waals surface area contributed by atoms with Crippen LogP contribution in [-0.4, -0.2) is 25.5 Å². The van der Waals surface area contributed by atoms with E-state index in [-0.39, 0.29) is 5.69 Å². The number of nitrogens with one attached hydrogen (secondary N) is 2. The summed E-state index contributed by atoms with van der Waals surface area (Å²) in [5.74, 6) is 0. The molecule has 0 aliphatic carbocycles. The zero-order valence-electron chi connectivity index (χ0n) is 12.6. The zero-order chi connectivity index (χ0) is 17.9. The monoisotopic (exact) mass is 332 g/mol. The molecule has 0 saturated heterocycles. The first-order chi connectivity index (χ1) is 11.3. The second-order valence-corrected chi connectivity index (χ2v) is 4.75. The van der Waals surface area contributed by atoms with E-state index >= 15 is 0 Å². The van der Waals surface area contributed by atoms with E-state index in [4.69, 9.17) is 0 Å². The number of benzene rings is 1. The summed E-state index contributed by atoms with van der Waals surface area (Å²) in [7, 11) is 0. The van der Waals surface area contributed by atoms with Crippen LogP contribution in [-0.2, 0) is 0 Å².